The Morgan fingerprint density at radius 1 is 1.28 bits per heavy atom. The molecule has 0 fully saturated rings. The van der Waals surface area contributed by atoms with Crippen molar-refractivity contribution in [3.05, 3.63) is 60.2 Å². The van der Waals surface area contributed by atoms with Gasteiger partial charge in [-0.1, -0.05) is 31.2 Å². The molecule has 94 valence electrons. The van der Waals surface area contributed by atoms with Crippen molar-refractivity contribution in [3.63, 3.8) is 0 Å². The predicted octanol–water partition coefficient (Wildman–Crippen LogP) is 4.13. The van der Waals surface area contributed by atoms with Gasteiger partial charge in [0.05, 0.1) is 0 Å². The van der Waals surface area contributed by atoms with Crippen molar-refractivity contribution in [1.82, 2.24) is 0 Å². The summed E-state index contributed by atoms with van der Waals surface area (Å²) in [7, 11) is 0. The van der Waals surface area contributed by atoms with E-state index in [1.54, 1.807) is 0 Å². The van der Waals surface area contributed by atoms with Crippen LogP contribution in [0.3, 0.4) is 0 Å². The lowest BCUT2D eigenvalue weighted by Gasteiger charge is -2.24. The second kappa shape index (κ2) is 4.93. The summed E-state index contributed by atoms with van der Waals surface area (Å²) >= 11 is 0. The van der Waals surface area contributed by atoms with E-state index in [1.165, 1.54) is 11.1 Å². The van der Waals surface area contributed by atoms with E-state index in [2.05, 4.69) is 38.3 Å². The Morgan fingerprint density at radius 2 is 1.94 bits per heavy atom. The fourth-order valence-corrected chi connectivity index (χ4v) is 2.91. The Balaban J connectivity index is 2.44. The van der Waals surface area contributed by atoms with Gasteiger partial charge in [-0.2, -0.15) is 0 Å². The molecule has 0 amide bonds. The van der Waals surface area contributed by atoms with Crippen LogP contribution in [0.5, 0.6) is 0 Å². The van der Waals surface area contributed by atoms with E-state index in [4.69, 9.17) is 0 Å². The van der Waals surface area contributed by atoms with Crippen LogP contribution >= 0.6 is 0 Å². The van der Waals surface area contributed by atoms with Gasteiger partial charge in [-0.05, 0) is 42.9 Å². The highest BCUT2D eigenvalue weighted by Gasteiger charge is 2.43. The number of allylic oxidation sites excluding steroid dienone is 2. The molecule has 1 nitrogen and oxygen atoms in total. The molecule has 0 unspecified atom stereocenters. The van der Waals surface area contributed by atoms with Gasteiger partial charge in [0.25, 0.3) is 0 Å². The van der Waals surface area contributed by atoms with E-state index in [0.29, 0.717) is 0 Å². The summed E-state index contributed by atoms with van der Waals surface area (Å²) in [5.41, 5.74) is 3.01. The number of Topliss-reactive ketones (excluding diaryl/α,β-unsaturated/α-hetero) is 1. The van der Waals surface area contributed by atoms with Gasteiger partial charge in [-0.15, -0.1) is 13.2 Å². The lowest BCUT2D eigenvalue weighted by atomic mass is 9.77. The molecule has 1 aliphatic rings. The van der Waals surface area contributed by atoms with E-state index >= 15 is 0 Å². The summed E-state index contributed by atoms with van der Waals surface area (Å²) in [5.74, 6) is 0.271. The third-order valence-corrected chi connectivity index (χ3v) is 3.91. The minimum absolute atomic E-state index is 0.271. The topological polar surface area (TPSA) is 17.1 Å². The zero-order valence-electron chi connectivity index (χ0n) is 11.0. The molecule has 1 heteroatoms. The SMILES string of the molecule is C=CCC1(CC=C)Cc2ccc(CC)cc2C1=O. The maximum Gasteiger partial charge on any atom is 0.170 e. The third-order valence-electron chi connectivity index (χ3n) is 3.91. The molecule has 0 aromatic heterocycles. The molecular formula is C17H20O. The molecular weight excluding hydrogens is 220 g/mol. The zero-order valence-corrected chi connectivity index (χ0v) is 11.0. The monoisotopic (exact) mass is 240 g/mol. The first-order valence-corrected chi connectivity index (χ1v) is 6.55. The normalized spacial score (nSPS) is 16.4. The number of rotatable bonds is 5. The van der Waals surface area contributed by atoms with Gasteiger partial charge < -0.3 is 0 Å². The van der Waals surface area contributed by atoms with Crippen LogP contribution in [-0.4, -0.2) is 5.78 Å². The maximum atomic E-state index is 12.7. The molecule has 2 rings (SSSR count). The lowest BCUT2D eigenvalue weighted by Crippen LogP contribution is -2.26. The number of aryl methyl sites for hydroxylation is 1. The van der Waals surface area contributed by atoms with Crippen LogP contribution < -0.4 is 0 Å². The van der Waals surface area contributed by atoms with E-state index in [1.807, 2.05) is 12.2 Å². The quantitative estimate of drug-likeness (QED) is 0.707. The first-order valence-electron chi connectivity index (χ1n) is 6.55. The first kappa shape index (κ1) is 12.8. The standard InChI is InChI=1S/C17H20O/c1-4-9-17(10-5-2)12-14-8-7-13(6-3)11-15(14)16(17)18/h4-5,7-8,11H,1-2,6,9-10,12H2,3H3. The summed E-state index contributed by atoms with van der Waals surface area (Å²) in [6.07, 6.45) is 6.96. The predicted molar refractivity (Wildman–Crippen MR) is 75.9 cm³/mol. The largest absolute Gasteiger partial charge is 0.294 e. The molecule has 0 atom stereocenters. The molecule has 1 aromatic rings. The Bertz CT molecular complexity index is 486. The number of carbonyl (C=O) groups excluding carboxylic acids is 1. The molecule has 0 N–H and O–H groups in total. The minimum atomic E-state index is -0.321. The summed E-state index contributed by atoms with van der Waals surface area (Å²) in [6, 6.07) is 6.30. The third kappa shape index (κ3) is 1.94. The van der Waals surface area contributed by atoms with Crippen molar-refractivity contribution in [3.8, 4) is 0 Å². The average Bonchev–Trinajstić information content (AvgIpc) is 2.64. The van der Waals surface area contributed by atoms with Crippen LogP contribution in [0.25, 0.3) is 0 Å². The van der Waals surface area contributed by atoms with Crippen molar-refractivity contribution in [1.29, 1.82) is 0 Å². The Hall–Kier alpha value is -1.63. The van der Waals surface area contributed by atoms with Crippen LogP contribution in [0.2, 0.25) is 0 Å². The van der Waals surface area contributed by atoms with Crippen molar-refractivity contribution in [2.75, 3.05) is 0 Å². The Morgan fingerprint density at radius 3 is 2.50 bits per heavy atom. The summed E-state index contributed by atoms with van der Waals surface area (Å²) < 4.78 is 0. The number of hydrogen-bond acceptors (Lipinski definition) is 1. The number of fused-ring (bicyclic) bond motifs is 1. The highest BCUT2D eigenvalue weighted by Crippen LogP contribution is 2.43. The van der Waals surface area contributed by atoms with Crippen molar-refractivity contribution >= 4 is 5.78 Å². The van der Waals surface area contributed by atoms with Gasteiger partial charge in [0.15, 0.2) is 5.78 Å². The number of benzene rings is 1. The van der Waals surface area contributed by atoms with Crippen LogP contribution in [0.15, 0.2) is 43.5 Å². The maximum absolute atomic E-state index is 12.7. The molecule has 0 bridgehead atoms. The Labute approximate surface area is 109 Å². The fourth-order valence-electron chi connectivity index (χ4n) is 2.91. The van der Waals surface area contributed by atoms with Crippen LogP contribution in [0.4, 0.5) is 0 Å². The number of ketones is 1. The molecule has 0 radical (unpaired) electrons. The summed E-state index contributed by atoms with van der Waals surface area (Å²) in [4.78, 5) is 12.7. The van der Waals surface area contributed by atoms with Crippen LogP contribution in [0.1, 0.15) is 41.3 Å². The fraction of sp³-hybridized carbons (Fsp3) is 0.353. The molecule has 0 saturated carbocycles. The van der Waals surface area contributed by atoms with Crippen LogP contribution in [0, 0.1) is 5.41 Å². The van der Waals surface area contributed by atoms with Gasteiger partial charge >= 0.3 is 0 Å². The molecule has 1 aliphatic carbocycles. The minimum Gasteiger partial charge on any atom is -0.294 e. The van der Waals surface area contributed by atoms with Crippen LogP contribution in [-0.2, 0) is 12.8 Å². The summed E-state index contributed by atoms with van der Waals surface area (Å²) in [5, 5.41) is 0. The van der Waals surface area contributed by atoms with Gasteiger partial charge in [-0.3, -0.25) is 4.79 Å². The second-order valence-electron chi connectivity index (χ2n) is 5.12. The summed E-state index contributed by atoms with van der Waals surface area (Å²) in [6.45, 7) is 9.70. The second-order valence-corrected chi connectivity index (χ2v) is 5.12. The molecule has 18 heavy (non-hydrogen) atoms. The van der Waals surface area contributed by atoms with E-state index in [9.17, 15) is 4.79 Å². The van der Waals surface area contributed by atoms with Crippen molar-refractivity contribution < 1.29 is 4.79 Å². The van der Waals surface area contributed by atoms with Crippen molar-refractivity contribution in [2.45, 2.75) is 32.6 Å². The van der Waals surface area contributed by atoms with E-state index in [0.717, 1.165) is 31.2 Å². The van der Waals surface area contributed by atoms with Gasteiger partial charge in [0.2, 0.25) is 0 Å². The molecule has 0 saturated heterocycles. The first-order chi connectivity index (χ1) is 8.66. The smallest absolute Gasteiger partial charge is 0.170 e. The number of carbonyl (C=O) groups is 1. The average molecular weight is 240 g/mol. The molecule has 1 aromatic carbocycles. The van der Waals surface area contributed by atoms with Crippen molar-refractivity contribution in [2.24, 2.45) is 5.41 Å². The van der Waals surface area contributed by atoms with Gasteiger partial charge in [-0.25, -0.2) is 0 Å². The highest BCUT2D eigenvalue weighted by molar-refractivity contribution is 6.05. The molecule has 0 aliphatic heterocycles. The Kier molecular flexibility index (Phi) is 3.51. The molecule has 0 spiro atoms. The number of hydrogen-bond donors (Lipinski definition) is 0. The lowest BCUT2D eigenvalue weighted by molar-refractivity contribution is 0.0825. The van der Waals surface area contributed by atoms with Gasteiger partial charge in [0.1, 0.15) is 0 Å². The van der Waals surface area contributed by atoms with Gasteiger partial charge in [0, 0.05) is 11.0 Å². The molecule has 0 heterocycles. The highest BCUT2D eigenvalue weighted by atomic mass is 16.1. The van der Waals surface area contributed by atoms with E-state index < -0.39 is 0 Å². The zero-order chi connectivity index (χ0) is 13.2. The van der Waals surface area contributed by atoms with E-state index in [-0.39, 0.29) is 11.2 Å².